The molecule has 0 bridgehead atoms. The molecule has 0 saturated carbocycles. The second-order valence-corrected chi connectivity index (χ2v) is 8.49. The number of aromatic amines is 1. The number of carbonyl (C=O) groups excluding carboxylic acids is 1. The molecule has 1 fully saturated rings. The molecule has 2 aromatic carbocycles. The van der Waals surface area contributed by atoms with Crippen molar-refractivity contribution >= 4 is 22.5 Å². The average molecular weight is 435 g/mol. The zero-order valence-electron chi connectivity index (χ0n) is 18.8. The van der Waals surface area contributed by atoms with Crippen LogP contribution >= 0.6 is 0 Å². The van der Waals surface area contributed by atoms with Crippen molar-refractivity contribution in [2.45, 2.75) is 13.0 Å². The fourth-order valence-electron chi connectivity index (χ4n) is 4.86. The van der Waals surface area contributed by atoms with Crippen molar-refractivity contribution in [2.24, 2.45) is 0 Å². The lowest BCUT2D eigenvalue weighted by Crippen LogP contribution is -2.50. The molecule has 168 valence electrons. The third-order valence-corrected chi connectivity index (χ3v) is 6.69. The minimum Gasteiger partial charge on any atom is -0.497 e. The number of aromatic nitrogens is 1. The van der Waals surface area contributed by atoms with Gasteiger partial charge in [0, 0.05) is 67.8 Å². The summed E-state index contributed by atoms with van der Waals surface area (Å²) in [6, 6.07) is 14.2. The summed E-state index contributed by atoms with van der Waals surface area (Å²) in [6.45, 7) is 5.40. The van der Waals surface area contributed by atoms with Gasteiger partial charge in [-0.25, -0.2) is 0 Å². The molecule has 0 spiro atoms. The molecule has 5 rings (SSSR count). The van der Waals surface area contributed by atoms with E-state index in [9.17, 15) is 4.79 Å². The molecule has 0 radical (unpaired) electrons. The van der Waals surface area contributed by atoms with Crippen LogP contribution in [-0.2, 0) is 17.8 Å². The summed E-state index contributed by atoms with van der Waals surface area (Å²) in [4.78, 5) is 23.3. The summed E-state index contributed by atoms with van der Waals surface area (Å²) < 4.78 is 10.9. The maximum Gasteiger partial charge on any atom is 0.237 e. The Bertz CT molecular complexity index is 1120. The van der Waals surface area contributed by atoms with Gasteiger partial charge in [-0.3, -0.25) is 9.69 Å². The Morgan fingerprint density at radius 3 is 2.59 bits per heavy atom. The summed E-state index contributed by atoms with van der Waals surface area (Å²) in [5.74, 6) is 1.95. The van der Waals surface area contributed by atoms with Crippen molar-refractivity contribution in [3.8, 4) is 11.5 Å². The monoisotopic (exact) mass is 434 g/mol. The van der Waals surface area contributed by atoms with Gasteiger partial charge in [0.05, 0.1) is 26.5 Å². The molecule has 0 atom stereocenters. The number of fused-ring (bicyclic) bond motifs is 3. The van der Waals surface area contributed by atoms with E-state index in [4.69, 9.17) is 9.47 Å². The van der Waals surface area contributed by atoms with Crippen molar-refractivity contribution in [1.29, 1.82) is 0 Å². The Labute approximate surface area is 188 Å². The topological polar surface area (TPSA) is 61.0 Å². The van der Waals surface area contributed by atoms with Crippen LogP contribution in [0.3, 0.4) is 0 Å². The molecular weight excluding hydrogens is 404 g/mol. The lowest BCUT2D eigenvalue weighted by molar-refractivity contribution is -0.133. The van der Waals surface area contributed by atoms with Crippen LogP contribution < -0.4 is 14.4 Å². The van der Waals surface area contributed by atoms with E-state index in [2.05, 4.69) is 33.0 Å². The summed E-state index contributed by atoms with van der Waals surface area (Å²) in [7, 11) is 3.39. The zero-order chi connectivity index (χ0) is 22.1. The second kappa shape index (κ2) is 8.74. The molecule has 7 heteroatoms. The predicted octanol–water partition coefficient (Wildman–Crippen LogP) is 2.89. The first-order valence-electron chi connectivity index (χ1n) is 11.2. The maximum absolute atomic E-state index is 13.1. The van der Waals surface area contributed by atoms with Gasteiger partial charge in [-0.1, -0.05) is 12.1 Å². The van der Waals surface area contributed by atoms with E-state index in [1.54, 1.807) is 14.2 Å². The summed E-state index contributed by atoms with van der Waals surface area (Å²) in [5, 5.41) is 1.15. The van der Waals surface area contributed by atoms with E-state index in [-0.39, 0.29) is 5.91 Å². The highest BCUT2D eigenvalue weighted by Gasteiger charge is 2.27. The van der Waals surface area contributed by atoms with E-state index in [1.165, 1.54) is 11.3 Å². The van der Waals surface area contributed by atoms with Crippen LogP contribution in [0.15, 0.2) is 42.5 Å². The summed E-state index contributed by atoms with van der Waals surface area (Å²) in [5.41, 5.74) is 4.69. The number of para-hydroxylation sites is 2. The van der Waals surface area contributed by atoms with Gasteiger partial charge in [-0.15, -0.1) is 0 Å². The van der Waals surface area contributed by atoms with E-state index >= 15 is 0 Å². The van der Waals surface area contributed by atoms with Crippen LogP contribution in [-0.4, -0.2) is 74.2 Å². The number of rotatable bonds is 5. The number of ether oxygens (including phenoxy) is 2. The van der Waals surface area contributed by atoms with Crippen LogP contribution in [0.4, 0.5) is 5.69 Å². The number of nitrogens with one attached hydrogen (secondary N) is 1. The van der Waals surface area contributed by atoms with Gasteiger partial charge in [0.2, 0.25) is 5.91 Å². The summed E-state index contributed by atoms with van der Waals surface area (Å²) in [6.07, 6.45) is 0.861. The van der Waals surface area contributed by atoms with Gasteiger partial charge < -0.3 is 24.3 Å². The smallest absolute Gasteiger partial charge is 0.237 e. The number of H-pyrrole nitrogens is 1. The van der Waals surface area contributed by atoms with Gasteiger partial charge in [0.25, 0.3) is 0 Å². The molecular formula is C25H30N4O3. The van der Waals surface area contributed by atoms with E-state index in [1.807, 2.05) is 29.2 Å². The number of amides is 1. The quantitative estimate of drug-likeness (QED) is 0.669. The summed E-state index contributed by atoms with van der Waals surface area (Å²) >= 11 is 0. The Kier molecular flexibility index (Phi) is 5.66. The Morgan fingerprint density at radius 1 is 1.00 bits per heavy atom. The number of nitrogens with zero attached hydrogens (tertiary/aromatic N) is 3. The molecule has 2 aliphatic heterocycles. The van der Waals surface area contributed by atoms with Gasteiger partial charge >= 0.3 is 0 Å². The normalized spacial score (nSPS) is 16.8. The average Bonchev–Trinajstić information content (AvgIpc) is 3.21. The zero-order valence-corrected chi connectivity index (χ0v) is 18.8. The van der Waals surface area contributed by atoms with Gasteiger partial charge in [0.15, 0.2) is 0 Å². The number of hydrogen-bond donors (Lipinski definition) is 1. The predicted molar refractivity (Wildman–Crippen MR) is 126 cm³/mol. The van der Waals surface area contributed by atoms with Crippen LogP contribution in [0.5, 0.6) is 11.5 Å². The third-order valence-electron chi connectivity index (χ3n) is 6.69. The number of methoxy groups -OCH3 is 2. The lowest BCUT2D eigenvalue weighted by atomic mass is 10.0. The van der Waals surface area contributed by atoms with Gasteiger partial charge in [-0.2, -0.15) is 0 Å². The Morgan fingerprint density at radius 2 is 1.81 bits per heavy atom. The highest BCUT2D eigenvalue weighted by atomic mass is 16.5. The number of hydrogen-bond acceptors (Lipinski definition) is 5. The van der Waals surface area contributed by atoms with Crippen molar-refractivity contribution in [1.82, 2.24) is 14.8 Å². The van der Waals surface area contributed by atoms with Crippen LogP contribution in [0.2, 0.25) is 0 Å². The van der Waals surface area contributed by atoms with Crippen molar-refractivity contribution < 1.29 is 14.3 Å². The van der Waals surface area contributed by atoms with Gasteiger partial charge in [0.1, 0.15) is 11.5 Å². The van der Waals surface area contributed by atoms with Crippen LogP contribution in [0, 0.1) is 0 Å². The molecule has 0 aliphatic carbocycles. The molecule has 3 aromatic rings. The first-order valence-corrected chi connectivity index (χ1v) is 11.2. The highest BCUT2D eigenvalue weighted by Crippen LogP contribution is 2.31. The molecule has 2 aliphatic rings. The molecule has 7 nitrogen and oxygen atoms in total. The van der Waals surface area contributed by atoms with Gasteiger partial charge in [-0.05, 0) is 30.3 Å². The van der Waals surface area contributed by atoms with Crippen molar-refractivity contribution in [3.05, 3.63) is 53.7 Å². The molecule has 0 unspecified atom stereocenters. The second-order valence-electron chi connectivity index (χ2n) is 8.49. The SMILES string of the molecule is COc1ccc2[nH]c3c(c2c1)CN(C(=O)CN1CCN(c2ccccc2OC)CC1)CC3. The lowest BCUT2D eigenvalue weighted by Gasteiger charge is -2.37. The van der Waals surface area contributed by atoms with E-state index < -0.39 is 0 Å². The minimum atomic E-state index is 0.207. The van der Waals surface area contributed by atoms with Crippen LogP contribution in [0.25, 0.3) is 10.9 Å². The first-order chi connectivity index (χ1) is 15.7. The molecule has 1 amide bonds. The van der Waals surface area contributed by atoms with Crippen molar-refractivity contribution in [2.75, 3.05) is 58.4 Å². The largest absolute Gasteiger partial charge is 0.497 e. The Balaban J connectivity index is 1.21. The number of benzene rings is 2. The fourth-order valence-corrected chi connectivity index (χ4v) is 4.86. The highest BCUT2D eigenvalue weighted by molar-refractivity contribution is 5.87. The number of piperazine rings is 1. The molecule has 1 N–H and O–H groups in total. The third kappa shape index (κ3) is 3.88. The van der Waals surface area contributed by atoms with Crippen molar-refractivity contribution in [3.63, 3.8) is 0 Å². The molecule has 1 saturated heterocycles. The van der Waals surface area contributed by atoms with E-state index in [0.29, 0.717) is 13.1 Å². The minimum absolute atomic E-state index is 0.207. The Hall–Kier alpha value is -3.19. The number of carbonyl (C=O) groups is 1. The standard InChI is InChI=1S/C25H30N4O3/c1-31-18-7-8-21-19(15-18)20-16-29(10-9-22(20)26-21)25(30)17-27-11-13-28(14-12-27)23-5-3-4-6-24(23)32-2/h3-8,15,26H,9-14,16-17H2,1-2H3. The molecule has 1 aromatic heterocycles. The molecule has 32 heavy (non-hydrogen) atoms. The maximum atomic E-state index is 13.1. The van der Waals surface area contributed by atoms with Crippen LogP contribution in [0.1, 0.15) is 11.3 Å². The molecule has 3 heterocycles. The van der Waals surface area contributed by atoms with E-state index in [0.717, 1.165) is 67.2 Å². The number of anilines is 1. The fraction of sp³-hybridized carbons (Fsp3) is 0.400. The first kappa shape index (κ1) is 20.7.